The van der Waals surface area contributed by atoms with Gasteiger partial charge in [-0.05, 0) is 96.6 Å². The molecular formula is C36H39BrF6N4O3. The number of esters is 1. The molecule has 1 saturated heterocycles. The molecular weight excluding hydrogens is 730 g/mol. The zero-order chi connectivity index (χ0) is 36.2. The number of likely N-dealkylation sites (tertiary alicyclic amines) is 1. The van der Waals surface area contributed by atoms with Crippen LogP contribution in [0.4, 0.5) is 32.3 Å². The summed E-state index contributed by atoms with van der Waals surface area (Å²) in [4.78, 5) is 38.3. The number of benzene rings is 2. The van der Waals surface area contributed by atoms with Crippen LogP contribution in [0.1, 0.15) is 81.0 Å². The van der Waals surface area contributed by atoms with E-state index in [2.05, 4.69) is 25.9 Å². The van der Waals surface area contributed by atoms with E-state index in [4.69, 9.17) is 4.74 Å². The van der Waals surface area contributed by atoms with Crippen LogP contribution in [-0.4, -0.2) is 51.0 Å². The van der Waals surface area contributed by atoms with Crippen LogP contribution >= 0.6 is 15.9 Å². The average molecular weight is 770 g/mol. The third-order valence-corrected chi connectivity index (χ3v) is 9.99. The summed E-state index contributed by atoms with van der Waals surface area (Å²) < 4.78 is 88.9. The van der Waals surface area contributed by atoms with Crippen molar-refractivity contribution in [3.8, 4) is 0 Å². The van der Waals surface area contributed by atoms with Crippen molar-refractivity contribution in [3.63, 3.8) is 0 Å². The van der Waals surface area contributed by atoms with Gasteiger partial charge in [0.15, 0.2) is 0 Å². The van der Waals surface area contributed by atoms with E-state index in [9.17, 15) is 35.9 Å². The van der Waals surface area contributed by atoms with Gasteiger partial charge in [-0.15, -0.1) is 0 Å². The fraction of sp³-hybridized carbons (Fsp3) is 0.500. The van der Waals surface area contributed by atoms with Crippen molar-refractivity contribution in [2.24, 2.45) is 5.92 Å². The van der Waals surface area contributed by atoms with Crippen LogP contribution in [0.2, 0.25) is 0 Å². The lowest BCUT2D eigenvalue weighted by Gasteiger charge is -2.49. The number of carbonyl (C=O) groups is 2. The minimum Gasteiger partial charge on any atom is -0.463 e. The predicted molar refractivity (Wildman–Crippen MR) is 178 cm³/mol. The number of ether oxygens (including phenoxy) is 1. The molecule has 2 heterocycles. The molecule has 1 aromatic heterocycles. The Balaban J connectivity index is 1.51. The molecule has 1 aliphatic carbocycles. The lowest BCUT2D eigenvalue weighted by atomic mass is 9.81. The molecule has 0 unspecified atom stereocenters. The summed E-state index contributed by atoms with van der Waals surface area (Å²) in [6, 6.07) is 10.2. The smallest absolute Gasteiger partial charge is 0.416 e. The van der Waals surface area contributed by atoms with Crippen LogP contribution in [0.5, 0.6) is 0 Å². The fourth-order valence-electron chi connectivity index (χ4n) is 7.29. The molecule has 7 nitrogen and oxygen atoms in total. The van der Waals surface area contributed by atoms with Crippen LogP contribution in [0.15, 0.2) is 65.4 Å². The van der Waals surface area contributed by atoms with Gasteiger partial charge in [-0.25, -0.2) is 9.97 Å². The van der Waals surface area contributed by atoms with Crippen molar-refractivity contribution in [2.45, 2.75) is 108 Å². The summed E-state index contributed by atoms with van der Waals surface area (Å²) >= 11 is 3.30. The second kappa shape index (κ2) is 15.7. The first-order valence-electron chi connectivity index (χ1n) is 16.7. The molecule has 0 bridgehead atoms. The highest BCUT2D eigenvalue weighted by Gasteiger charge is 2.43. The van der Waals surface area contributed by atoms with Gasteiger partial charge in [0.1, 0.15) is 6.10 Å². The quantitative estimate of drug-likeness (QED) is 0.160. The van der Waals surface area contributed by atoms with Gasteiger partial charge in [0.25, 0.3) is 0 Å². The molecule has 1 amide bonds. The van der Waals surface area contributed by atoms with Gasteiger partial charge in [0, 0.05) is 49.9 Å². The molecule has 0 spiro atoms. The second-order valence-corrected chi connectivity index (χ2v) is 14.0. The summed E-state index contributed by atoms with van der Waals surface area (Å²) in [7, 11) is 0. The van der Waals surface area contributed by atoms with Gasteiger partial charge in [-0.3, -0.25) is 9.59 Å². The van der Waals surface area contributed by atoms with Crippen molar-refractivity contribution in [1.29, 1.82) is 0 Å². The Bertz CT molecular complexity index is 1580. The first kappa shape index (κ1) is 37.6. The van der Waals surface area contributed by atoms with Gasteiger partial charge in [0.05, 0.1) is 15.6 Å². The maximum absolute atomic E-state index is 14.4. The largest absolute Gasteiger partial charge is 0.463 e. The number of nitrogens with zero attached hydrogens (tertiary/aromatic N) is 4. The number of alkyl halides is 6. The maximum atomic E-state index is 14.4. The number of aromatic nitrogens is 2. The third-order valence-electron chi connectivity index (χ3n) is 9.58. The lowest BCUT2D eigenvalue weighted by Crippen LogP contribution is -2.59. The third kappa shape index (κ3) is 9.35. The highest BCUT2D eigenvalue weighted by molar-refractivity contribution is 9.10. The highest BCUT2D eigenvalue weighted by Crippen LogP contribution is 2.39. The normalized spacial score (nSPS) is 23.0. The number of anilines is 1. The predicted octanol–water partition coefficient (Wildman–Crippen LogP) is 8.79. The molecule has 0 N–H and O–H groups in total. The molecule has 2 fully saturated rings. The zero-order valence-corrected chi connectivity index (χ0v) is 29.3. The summed E-state index contributed by atoms with van der Waals surface area (Å²) in [5.41, 5.74) is -1.98. The number of hydrogen-bond acceptors (Lipinski definition) is 6. The monoisotopic (exact) mass is 768 g/mol. The van der Waals surface area contributed by atoms with E-state index in [1.807, 2.05) is 42.2 Å². The number of piperidine rings is 1. The SMILES string of the molecule is CC[C@@H]1C[C@H](N(Cc2cc(C(F)(F)F)cc(C(F)(F)F)c2)c2ncc(Br)cn2)C[C@H](Cc2ccccc2)N1C(=O)C1CCC(OC(C)=O)CC1. The highest BCUT2D eigenvalue weighted by atomic mass is 79.9. The van der Waals surface area contributed by atoms with Crippen molar-refractivity contribution in [2.75, 3.05) is 4.90 Å². The summed E-state index contributed by atoms with van der Waals surface area (Å²) in [6.45, 7) is 3.02. The lowest BCUT2D eigenvalue weighted by molar-refractivity contribution is -0.151. The molecule has 1 saturated carbocycles. The first-order chi connectivity index (χ1) is 23.6. The molecule has 3 aromatic rings. The topological polar surface area (TPSA) is 75.6 Å². The van der Waals surface area contributed by atoms with Crippen LogP contribution in [-0.2, 0) is 39.6 Å². The number of halogens is 7. The van der Waals surface area contributed by atoms with E-state index in [0.717, 1.165) is 17.7 Å². The van der Waals surface area contributed by atoms with Crippen molar-refractivity contribution in [1.82, 2.24) is 14.9 Å². The maximum Gasteiger partial charge on any atom is 0.416 e. The van der Waals surface area contributed by atoms with Crippen LogP contribution in [0, 0.1) is 5.92 Å². The van der Waals surface area contributed by atoms with E-state index < -0.39 is 29.5 Å². The van der Waals surface area contributed by atoms with Crippen LogP contribution in [0.3, 0.4) is 0 Å². The van der Waals surface area contributed by atoms with Gasteiger partial charge in [-0.1, -0.05) is 37.3 Å². The van der Waals surface area contributed by atoms with Crippen molar-refractivity contribution < 1.29 is 40.7 Å². The second-order valence-electron chi connectivity index (χ2n) is 13.1. The van der Waals surface area contributed by atoms with Crippen LogP contribution in [0.25, 0.3) is 0 Å². The molecule has 270 valence electrons. The molecule has 5 rings (SSSR count). The molecule has 2 aromatic carbocycles. The minimum atomic E-state index is -4.99. The van der Waals surface area contributed by atoms with Gasteiger partial charge >= 0.3 is 18.3 Å². The van der Waals surface area contributed by atoms with Crippen LogP contribution < -0.4 is 4.90 Å². The summed E-state index contributed by atoms with van der Waals surface area (Å²) in [5, 5.41) is 0. The van der Waals surface area contributed by atoms with E-state index in [-0.39, 0.29) is 60.1 Å². The number of rotatable bonds is 9. The van der Waals surface area contributed by atoms with E-state index in [1.165, 1.54) is 19.3 Å². The fourth-order valence-corrected chi connectivity index (χ4v) is 7.50. The number of amides is 1. The Morgan fingerprint density at radius 3 is 2.00 bits per heavy atom. The Kier molecular flexibility index (Phi) is 11.8. The molecule has 14 heteroatoms. The van der Waals surface area contributed by atoms with Crippen molar-refractivity contribution in [3.05, 3.63) is 87.7 Å². The Morgan fingerprint density at radius 2 is 1.46 bits per heavy atom. The Labute approximate surface area is 295 Å². The Morgan fingerprint density at radius 1 is 0.880 bits per heavy atom. The summed E-state index contributed by atoms with van der Waals surface area (Å²) in [6.07, 6.45) is -3.09. The summed E-state index contributed by atoms with van der Waals surface area (Å²) in [5.74, 6) is -0.449. The molecule has 0 radical (unpaired) electrons. The molecule has 1 aliphatic heterocycles. The van der Waals surface area contributed by atoms with E-state index in [1.54, 1.807) is 4.90 Å². The standard InChI is InChI=1S/C36H39BrF6N4O3/c1-3-29-17-30(18-31(15-23-7-5-4-6-8-23)47(29)33(49)25-9-11-32(12-10-25)50-22(2)48)46(34-44-19-28(37)20-45-34)21-24-13-26(35(38,39)40)16-27(14-24)36(41,42)43/h4-8,13-14,16,19-20,25,29-32H,3,9-12,15,17-18,21H2,1-2H3/t25?,29-,30+,31+,32?/m1/s1. The number of carbonyl (C=O) groups excluding carboxylic acids is 2. The minimum absolute atomic E-state index is 0.0108. The number of hydrogen-bond donors (Lipinski definition) is 0. The van der Waals surface area contributed by atoms with E-state index in [0.29, 0.717) is 55.8 Å². The van der Waals surface area contributed by atoms with Gasteiger partial charge in [0.2, 0.25) is 11.9 Å². The van der Waals surface area contributed by atoms with Crippen molar-refractivity contribution >= 4 is 33.8 Å². The van der Waals surface area contributed by atoms with Gasteiger partial charge in [-0.2, -0.15) is 26.3 Å². The molecule has 50 heavy (non-hydrogen) atoms. The molecule has 3 atom stereocenters. The van der Waals surface area contributed by atoms with Gasteiger partial charge < -0.3 is 14.5 Å². The zero-order valence-electron chi connectivity index (χ0n) is 27.7. The Hall–Kier alpha value is -3.68. The first-order valence-corrected chi connectivity index (χ1v) is 17.5. The molecule has 2 aliphatic rings. The van der Waals surface area contributed by atoms with E-state index >= 15 is 0 Å². The average Bonchev–Trinajstić information content (AvgIpc) is 3.06.